The van der Waals surface area contributed by atoms with Crippen molar-refractivity contribution in [2.75, 3.05) is 19.7 Å². The summed E-state index contributed by atoms with van der Waals surface area (Å²) in [5.41, 5.74) is 0.319. The number of hydrogen-bond donors (Lipinski definition) is 1. The van der Waals surface area contributed by atoms with E-state index >= 15 is 0 Å². The highest BCUT2D eigenvalue weighted by Gasteiger charge is 2.37. The van der Waals surface area contributed by atoms with E-state index in [-0.39, 0.29) is 30.7 Å². The highest BCUT2D eigenvalue weighted by atomic mass is 19.4. The number of nitrogens with zero attached hydrogens (tertiary/aromatic N) is 4. The number of aliphatic hydroxyl groups is 1. The Labute approximate surface area is 137 Å². The molecule has 8 heteroatoms. The number of pyridine rings is 1. The summed E-state index contributed by atoms with van der Waals surface area (Å²) >= 11 is 0. The maximum Gasteiger partial charge on any atom is 0.418 e. The predicted molar refractivity (Wildman–Crippen MR) is 81.0 cm³/mol. The van der Waals surface area contributed by atoms with E-state index in [9.17, 15) is 18.3 Å². The highest BCUT2D eigenvalue weighted by molar-refractivity contribution is 5.24. The third-order valence-electron chi connectivity index (χ3n) is 4.47. The number of aromatic nitrogens is 3. The Hall–Kier alpha value is -1.93. The minimum absolute atomic E-state index is 0.00952. The lowest BCUT2D eigenvalue weighted by Gasteiger charge is -2.18. The first-order valence-electron chi connectivity index (χ1n) is 7.71. The molecule has 0 spiro atoms. The summed E-state index contributed by atoms with van der Waals surface area (Å²) in [5.74, 6) is 0.0361. The van der Waals surface area contributed by atoms with Crippen LogP contribution in [0.4, 0.5) is 13.2 Å². The van der Waals surface area contributed by atoms with E-state index in [1.54, 1.807) is 10.9 Å². The van der Waals surface area contributed by atoms with Crippen molar-refractivity contribution >= 4 is 0 Å². The second-order valence-electron chi connectivity index (χ2n) is 6.19. The van der Waals surface area contributed by atoms with Gasteiger partial charge in [0.05, 0.1) is 17.5 Å². The van der Waals surface area contributed by atoms with Crippen LogP contribution in [0.2, 0.25) is 0 Å². The fraction of sp³-hybridized carbons (Fsp3) is 0.500. The molecule has 2 atom stereocenters. The Kier molecular flexibility index (Phi) is 4.60. The summed E-state index contributed by atoms with van der Waals surface area (Å²) in [5, 5.41) is 13.8. The maximum absolute atomic E-state index is 13.1. The Morgan fingerprint density at radius 3 is 2.75 bits per heavy atom. The molecular formula is C16H19F3N4O. The van der Waals surface area contributed by atoms with E-state index in [0.717, 1.165) is 11.6 Å². The van der Waals surface area contributed by atoms with Crippen LogP contribution in [-0.4, -0.2) is 44.5 Å². The van der Waals surface area contributed by atoms with Crippen LogP contribution in [0.1, 0.15) is 22.7 Å². The molecule has 0 saturated carbocycles. The van der Waals surface area contributed by atoms with Crippen molar-refractivity contribution in [1.82, 2.24) is 19.7 Å². The summed E-state index contributed by atoms with van der Waals surface area (Å²) in [6.45, 7) is 1.21. The van der Waals surface area contributed by atoms with Crippen LogP contribution in [0.15, 0.2) is 30.7 Å². The standard InChI is InChI=1S/C16H19F3N4O/c1-22-6-11(5-21-22)13-8-23(7-12(13)10-24)9-15-14(16(17,18)19)3-2-4-20-15/h2-6,12-13,24H,7-10H2,1H3/t12-,13-/m0/s1. The molecule has 5 nitrogen and oxygen atoms in total. The van der Waals surface area contributed by atoms with E-state index in [4.69, 9.17) is 0 Å². The first kappa shape index (κ1) is 16.9. The van der Waals surface area contributed by atoms with E-state index < -0.39 is 11.7 Å². The third kappa shape index (κ3) is 3.44. The number of likely N-dealkylation sites (tertiary alicyclic amines) is 1. The summed E-state index contributed by atoms with van der Waals surface area (Å²) in [4.78, 5) is 5.83. The van der Waals surface area contributed by atoms with Gasteiger partial charge in [0.2, 0.25) is 0 Å². The molecule has 1 aliphatic rings. The van der Waals surface area contributed by atoms with E-state index in [1.165, 1.54) is 12.3 Å². The van der Waals surface area contributed by atoms with Crippen LogP contribution in [0.25, 0.3) is 0 Å². The monoisotopic (exact) mass is 340 g/mol. The summed E-state index contributed by atoms with van der Waals surface area (Å²) < 4.78 is 41.0. The second kappa shape index (κ2) is 6.52. The molecular weight excluding hydrogens is 321 g/mol. The molecule has 130 valence electrons. The van der Waals surface area contributed by atoms with Gasteiger partial charge in [-0.1, -0.05) is 0 Å². The van der Waals surface area contributed by atoms with Crippen molar-refractivity contribution in [2.24, 2.45) is 13.0 Å². The van der Waals surface area contributed by atoms with Gasteiger partial charge in [0.15, 0.2) is 0 Å². The highest BCUT2D eigenvalue weighted by Crippen LogP contribution is 2.35. The molecule has 2 aromatic heterocycles. The molecule has 1 N–H and O–H groups in total. The quantitative estimate of drug-likeness (QED) is 0.925. The molecule has 2 aromatic rings. The molecule has 1 saturated heterocycles. The van der Waals surface area contributed by atoms with E-state index in [1.807, 2.05) is 18.1 Å². The number of halogens is 3. The van der Waals surface area contributed by atoms with Crippen molar-refractivity contribution in [1.29, 1.82) is 0 Å². The lowest BCUT2D eigenvalue weighted by Crippen LogP contribution is -2.24. The van der Waals surface area contributed by atoms with Crippen molar-refractivity contribution in [3.63, 3.8) is 0 Å². The van der Waals surface area contributed by atoms with Gasteiger partial charge in [0, 0.05) is 57.5 Å². The van der Waals surface area contributed by atoms with E-state index in [2.05, 4.69) is 10.1 Å². The van der Waals surface area contributed by atoms with Crippen molar-refractivity contribution in [3.8, 4) is 0 Å². The number of aliphatic hydroxyl groups excluding tert-OH is 1. The Balaban J connectivity index is 1.78. The Morgan fingerprint density at radius 2 is 2.12 bits per heavy atom. The first-order chi connectivity index (χ1) is 11.4. The van der Waals surface area contributed by atoms with Gasteiger partial charge < -0.3 is 5.11 Å². The van der Waals surface area contributed by atoms with Gasteiger partial charge >= 0.3 is 6.18 Å². The minimum Gasteiger partial charge on any atom is -0.396 e. The van der Waals surface area contributed by atoms with Crippen molar-refractivity contribution in [2.45, 2.75) is 18.6 Å². The van der Waals surface area contributed by atoms with Gasteiger partial charge in [0.1, 0.15) is 0 Å². The fourth-order valence-corrected chi connectivity index (χ4v) is 3.32. The van der Waals surface area contributed by atoms with Gasteiger partial charge in [-0.25, -0.2) is 0 Å². The normalized spacial score (nSPS) is 22.2. The van der Waals surface area contributed by atoms with Gasteiger partial charge in [-0.2, -0.15) is 18.3 Å². The maximum atomic E-state index is 13.1. The van der Waals surface area contributed by atoms with E-state index in [0.29, 0.717) is 13.1 Å². The molecule has 0 aromatic carbocycles. The summed E-state index contributed by atoms with van der Waals surface area (Å²) in [6.07, 6.45) is 0.600. The third-order valence-corrected chi connectivity index (χ3v) is 4.47. The van der Waals surface area contributed by atoms with Crippen LogP contribution in [0.3, 0.4) is 0 Å². The van der Waals surface area contributed by atoms with Gasteiger partial charge in [-0.05, 0) is 17.7 Å². The zero-order valence-corrected chi connectivity index (χ0v) is 13.2. The number of aryl methyl sites for hydroxylation is 1. The summed E-state index contributed by atoms with van der Waals surface area (Å²) in [7, 11) is 1.81. The molecule has 0 aliphatic carbocycles. The SMILES string of the molecule is Cn1cc([C@@H]2CN(Cc3ncccc3C(F)(F)F)C[C@H]2CO)cn1. The fourth-order valence-electron chi connectivity index (χ4n) is 3.32. The average Bonchev–Trinajstić information content (AvgIpc) is 3.12. The van der Waals surface area contributed by atoms with Gasteiger partial charge in [0.25, 0.3) is 0 Å². The zero-order chi connectivity index (χ0) is 17.3. The van der Waals surface area contributed by atoms with Crippen LogP contribution >= 0.6 is 0 Å². The van der Waals surface area contributed by atoms with Crippen LogP contribution < -0.4 is 0 Å². The summed E-state index contributed by atoms with van der Waals surface area (Å²) in [6, 6.07) is 2.35. The number of alkyl halides is 3. The minimum atomic E-state index is -4.41. The van der Waals surface area contributed by atoms with Gasteiger partial charge in [-0.15, -0.1) is 0 Å². The Bertz CT molecular complexity index is 701. The lowest BCUT2D eigenvalue weighted by molar-refractivity contribution is -0.138. The largest absolute Gasteiger partial charge is 0.418 e. The molecule has 3 rings (SSSR count). The molecule has 0 unspecified atom stereocenters. The molecule has 0 radical (unpaired) electrons. The van der Waals surface area contributed by atoms with Gasteiger partial charge in [-0.3, -0.25) is 14.6 Å². The Morgan fingerprint density at radius 1 is 1.33 bits per heavy atom. The first-order valence-corrected chi connectivity index (χ1v) is 7.71. The number of rotatable bonds is 4. The molecule has 3 heterocycles. The lowest BCUT2D eigenvalue weighted by atomic mass is 9.92. The van der Waals surface area contributed by atoms with Crippen molar-refractivity contribution in [3.05, 3.63) is 47.5 Å². The van der Waals surface area contributed by atoms with Crippen LogP contribution in [-0.2, 0) is 19.8 Å². The molecule has 1 aliphatic heterocycles. The number of hydrogen-bond acceptors (Lipinski definition) is 4. The molecule has 24 heavy (non-hydrogen) atoms. The zero-order valence-electron chi connectivity index (χ0n) is 13.2. The van der Waals surface area contributed by atoms with Crippen LogP contribution in [0.5, 0.6) is 0 Å². The predicted octanol–water partition coefficient (Wildman–Crippen LogP) is 2.04. The smallest absolute Gasteiger partial charge is 0.396 e. The van der Waals surface area contributed by atoms with Crippen LogP contribution in [0, 0.1) is 5.92 Å². The van der Waals surface area contributed by atoms with Crippen molar-refractivity contribution < 1.29 is 18.3 Å². The average molecular weight is 340 g/mol. The molecule has 1 fully saturated rings. The molecule has 0 bridgehead atoms. The second-order valence-corrected chi connectivity index (χ2v) is 6.19. The topological polar surface area (TPSA) is 54.2 Å². The molecule has 0 amide bonds.